The number of hydrogen-bond donors (Lipinski definition) is 0. The lowest BCUT2D eigenvalue weighted by Crippen LogP contribution is -2.30. The lowest BCUT2D eigenvalue weighted by atomic mass is 10.1. The Balaban J connectivity index is 4.44. The Morgan fingerprint density at radius 3 is 1.33 bits per heavy atom. The van der Waals surface area contributed by atoms with Gasteiger partial charge in [0.1, 0.15) is 13.2 Å². The summed E-state index contributed by atoms with van der Waals surface area (Å²) in [6.07, 6.45) is 48.2. The van der Waals surface area contributed by atoms with Crippen molar-refractivity contribution in [2.24, 2.45) is 0 Å². The van der Waals surface area contributed by atoms with E-state index in [0.29, 0.717) is 12.8 Å². The van der Waals surface area contributed by atoms with Gasteiger partial charge >= 0.3 is 17.9 Å². The van der Waals surface area contributed by atoms with Gasteiger partial charge in [0.2, 0.25) is 0 Å². The van der Waals surface area contributed by atoms with E-state index in [0.717, 1.165) is 70.6 Å². The Morgan fingerprint density at radius 2 is 0.846 bits per heavy atom. The van der Waals surface area contributed by atoms with Gasteiger partial charge in [-0.3, -0.25) is 14.4 Å². The second-order valence-electron chi connectivity index (χ2n) is 13.9. The summed E-state index contributed by atoms with van der Waals surface area (Å²) in [7, 11) is 0. The second-order valence-corrected chi connectivity index (χ2v) is 13.9. The second kappa shape index (κ2) is 40.9. The molecular formula is C46H78O6. The first-order valence-corrected chi connectivity index (χ1v) is 21.3. The van der Waals surface area contributed by atoms with E-state index >= 15 is 0 Å². The van der Waals surface area contributed by atoms with E-state index in [1.54, 1.807) is 6.08 Å². The molecule has 0 aliphatic carbocycles. The van der Waals surface area contributed by atoms with E-state index in [-0.39, 0.29) is 31.6 Å². The van der Waals surface area contributed by atoms with Crippen LogP contribution >= 0.6 is 0 Å². The largest absolute Gasteiger partial charge is 0.462 e. The Morgan fingerprint density at radius 1 is 0.442 bits per heavy atom. The molecule has 0 radical (unpaired) electrons. The summed E-state index contributed by atoms with van der Waals surface area (Å²) in [4.78, 5) is 37.4. The fraction of sp³-hybridized carbons (Fsp3) is 0.717. The third kappa shape index (κ3) is 38.3. The highest BCUT2D eigenvalue weighted by atomic mass is 16.6. The average molecular weight is 727 g/mol. The van der Waals surface area contributed by atoms with Gasteiger partial charge in [0.15, 0.2) is 6.10 Å². The van der Waals surface area contributed by atoms with Crippen LogP contribution in [0.15, 0.2) is 60.8 Å². The summed E-state index contributed by atoms with van der Waals surface area (Å²) in [6.45, 7) is 6.35. The van der Waals surface area contributed by atoms with Crippen molar-refractivity contribution < 1.29 is 28.6 Å². The number of esters is 3. The van der Waals surface area contributed by atoms with Crippen molar-refractivity contribution in [2.75, 3.05) is 13.2 Å². The zero-order valence-electron chi connectivity index (χ0n) is 33.8. The normalized spacial score (nSPS) is 12.6. The highest BCUT2D eigenvalue weighted by molar-refractivity contribution is 5.72. The van der Waals surface area contributed by atoms with Gasteiger partial charge < -0.3 is 14.2 Å². The molecule has 0 N–H and O–H groups in total. The molecule has 1 unspecified atom stereocenters. The predicted octanol–water partition coefficient (Wildman–Crippen LogP) is 13.4. The molecule has 298 valence electrons. The van der Waals surface area contributed by atoms with Crippen LogP contribution in [0.4, 0.5) is 0 Å². The van der Waals surface area contributed by atoms with Gasteiger partial charge in [-0.1, -0.05) is 178 Å². The van der Waals surface area contributed by atoms with Gasteiger partial charge in [0.25, 0.3) is 0 Å². The molecule has 0 saturated carbocycles. The monoisotopic (exact) mass is 727 g/mol. The van der Waals surface area contributed by atoms with Crippen LogP contribution in [0.3, 0.4) is 0 Å². The van der Waals surface area contributed by atoms with Gasteiger partial charge in [-0.05, 0) is 57.8 Å². The first-order chi connectivity index (χ1) is 25.5. The van der Waals surface area contributed by atoms with Crippen LogP contribution in [0.1, 0.15) is 194 Å². The van der Waals surface area contributed by atoms with E-state index in [1.165, 1.54) is 83.5 Å². The number of hydrogen-bond acceptors (Lipinski definition) is 6. The summed E-state index contributed by atoms with van der Waals surface area (Å²) in [6, 6.07) is 0. The molecule has 6 heteroatoms. The van der Waals surface area contributed by atoms with Gasteiger partial charge in [0.05, 0.1) is 6.42 Å². The van der Waals surface area contributed by atoms with E-state index in [1.807, 2.05) is 6.08 Å². The number of allylic oxidation sites excluding steroid dienone is 9. The van der Waals surface area contributed by atoms with Crippen molar-refractivity contribution >= 4 is 17.9 Å². The summed E-state index contributed by atoms with van der Waals surface area (Å²) >= 11 is 0. The van der Waals surface area contributed by atoms with Crippen LogP contribution in [0.25, 0.3) is 0 Å². The fourth-order valence-electron chi connectivity index (χ4n) is 5.61. The molecule has 0 aliphatic rings. The average Bonchev–Trinajstić information content (AvgIpc) is 3.14. The molecule has 0 aromatic carbocycles. The van der Waals surface area contributed by atoms with Crippen LogP contribution < -0.4 is 0 Å². The van der Waals surface area contributed by atoms with E-state index < -0.39 is 12.1 Å². The molecule has 0 amide bonds. The maximum Gasteiger partial charge on any atom is 0.310 e. The minimum Gasteiger partial charge on any atom is -0.462 e. The van der Waals surface area contributed by atoms with Gasteiger partial charge in [-0.15, -0.1) is 0 Å². The van der Waals surface area contributed by atoms with Crippen molar-refractivity contribution in [1.82, 2.24) is 0 Å². The molecule has 52 heavy (non-hydrogen) atoms. The predicted molar refractivity (Wildman–Crippen MR) is 219 cm³/mol. The Kier molecular flexibility index (Phi) is 38.6. The third-order valence-electron chi connectivity index (χ3n) is 8.82. The molecule has 0 aromatic heterocycles. The van der Waals surface area contributed by atoms with Gasteiger partial charge in [0, 0.05) is 12.8 Å². The van der Waals surface area contributed by atoms with Crippen molar-refractivity contribution in [2.45, 2.75) is 200 Å². The number of carbonyl (C=O) groups is 3. The zero-order valence-corrected chi connectivity index (χ0v) is 33.8. The van der Waals surface area contributed by atoms with Gasteiger partial charge in [-0.25, -0.2) is 0 Å². The lowest BCUT2D eigenvalue weighted by molar-refractivity contribution is -0.166. The smallest absolute Gasteiger partial charge is 0.310 e. The number of carbonyl (C=O) groups excluding carboxylic acids is 3. The molecule has 0 heterocycles. The molecule has 1 atom stereocenters. The first-order valence-electron chi connectivity index (χ1n) is 21.3. The van der Waals surface area contributed by atoms with Crippen LogP contribution in [-0.4, -0.2) is 37.2 Å². The maximum atomic E-state index is 12.6. The molecule has 6 nitrogen and oxygen atoms in total. The van der Waals surface area contributed by atoms with E-state index in [4.69, 9.17) is 14.2 Å². The molecule has 0 aromatic rings. The number of ether oxygens (including phenoxy) is 3. The van der Waals surface area contributed by atoms with Crippen molar-refractivity contribution in [1.29, 1.82) is 0 Å². The third-order valence-corrected chi connectivity index (χ3v) is 8.82. The Bertz CT molecular complexity index is 975. The minimum atomic E-state index is -0.828. The number of unbranched alkanes of at least 4 members (excludes halogenated alkanes) is 18. The highest BCUT2D eigenvalue weighted by Gasteiger charge is 2.19. The molecule has 0 fully saturated rings. The Hall–Kier alpha value is -2.89. The fourth-order valence-corrected chi connectivity index (χ4v) is 5.61. The van der Waals surface area contributed by atoms with E-state index in [9.17, 15) is 14.4 Å². The van der Waals surface area contributed by atoms with Gasteiger partial charge in [-0.2, -0.15) is 0 Å². The van der Waals surface area contributed by atoms with Crippen LogP contribution in [-0.2, 0) is 28.6 Å². The highest BCUT2D eigenvalue weighted by Crippen LogP contribution is 2.12. The molecular weight excluding hydrogens is 649 g/mol. The topological polar surface area (TPSA) is 78.9 Å². The van der Waals surface area contributed by atoms with E-state index in [2.05, 4.69) is 69.4 Å². The summed E-state index contributed by atoms with van der Waals surface area (Å²) < 4.78 is 16.5. The minimum absolute atomic E-state index is 0.101. The zero-order chi connectivity index (χ0) is 38.0. The standard InChI is InChI=1S/C46H78O6/c1-4-7-10-13-16-19-20-21-22-23-24-25-28-30-33-36-39-45(48)51-42-43(52-46(49)40-37-34-31-27-18-15-12-9-6-3)41-50-44(47)38-35-32-29-26-17-14-11-8-5-2/h9,12,18,22-25,27,34,37,43H,4-8,10-11,13-17,19-21,26,28-33,35-36,38-42H2,1-3H3/b12-9-,23-22-,25-24-,27-18-,37-34-. The SMILES string of the molecule is CC/C=C\C/C=C\C/C=C\CC(=O)OC(COC(=O)CCCCC/C=C\C=C/CCCCCCCCC)COC(=O)CCCCCCCCCCC. The first kappa shape index (κ1) is 49.1. The summed E-state index contributed by atoms with van der Waals surface area (Å²) in [5.74, 6) is -1.08. The van der Waals surface area contributed by atoms with Crippen molar-refractivity contribution in [3.05, 3.63) is 60.8 Å². The lowest BCUT2D eigenvalue weighted by Gasteiger charge is -2.18. The molecule has 0 spiro atoms. The van der Waals surface area contributed by atoms with Crippen LogP contribution in [0.5, 0.6) is 0 Å². The Labute approximate surface area is 320 Å². The van der Waals surface area contributed by atoms with Crippen molar-refractivity contribution in [3.63, 3.8) is 0 Å². The molecule has 0 bridgehead atoms. The molecule has 0 aliphatic heterocycles. The molecule has 0 saturated heterocycles. The molecule has 0 rings (SSSR count). The van der Waals surface area contributed by atoms with Crippen molar-refractivity contribution in [3.8, 4) is 0 Å². The maximum absolute atomic E-state index is 12.6. The van der Waals surface area contributed by atoms with Crippen LogP contribution in [0, 0.1) is 0 Å². The quantitative estimate of drug-likeness (QED) is 0.0208. The van der Waals surface area contributed by atoms with Crippen LogP contribution in [0.2, 0.25) is 0 Å². The number of rotatable bonds is 37. The summed E-state index contributed by atoms with van der Waals surface area (Å²) in [5.41, 5.74) is 0. The summed E-state index contributed by atoms with van der Waals surface area (Å²) in [5, 5.41) is 0.